The van der Waals surface area contributed by atoms with Crippen LogP contribution in [0.4, 0.5) is 0 Å². The molecule has 272 valence electrons. The van der Waals surface area contributed by atoms with E-state index in [-0.39, 0.29) is 92.2 Å². The Morgan fingerprint density at radius 2 is 0.696 bits per heavy atom. The van der Waals surface area contributed by atoms with Gasteiger partial charge in [0.15, 0.2) is 11.1 Å². The fourth-order valence-electron chi connectivity index (χ4n) is 7.03. The normalized spacial score (nSPS) is 12.0. The molecule has 14 heteroatoms. The van der Waals surface area contributed by atoms with Gasteiger partial charge in [-0.1, -0.05) is 65.8 Å². The van der Waals surface area contributed by atoms with Gasteiger partial charge in [-0.3, -0.25) is 19.2 Å². The van der Waals surface area contributed by atoms with Crippen LogP contribution in [0.5, 0.6) is 0 Å². The maximum atomic E-state index is 15.0. The number of pyridine rings is 2. The first-order chi connectivity index (χ1) is 26.5. The molecule has 0 saturated heterocycles. The number of rotatable bonds is 2. The molecule has 0 saturated carbocycles. The van der Waals surface area contributed by atoms with Gasteiger partial charge in [-0.2, -0.15) is 21.0 Å². The molecule has 0 aliphatic heterocycles. The number of hydrogen-bond donors (Lipinski definition) is 0. The van der Waals surface area contributed by atoms with Crippen molar-refractivity contribution < 1.29 is 0 Å². The van der Waals surface area contributed by atoms with Gasteiger partial charge in [-0.25, -0.2) is 9.13 Å². The Labute approximate surface area is 332 Å². The third-order valence-electron chi connectivity index (χ3n) is 9.86. The first-order valence-corrected chi connectivity index (χ1v) is 20.3. The third-order valence-corrected chi connectivity index (χ3v) is 15.1. The van der Waals surface area contributed by atoms with E-state index in [0.29, 0.717) is 0 Å². The SMILES string of the molecule is CC(C)(C)c1ccc(-n2c(=O)c3c4sc(=C(C#N)C#N)sc4c4c(=O)n(-c5ccc(C(C)(C)C)cc5)c(=O)c5c6sc(=C(C#N)C#N)sc6c(c2=O)c3c45)cc1. The quantitative estimate of drug-likeness (QED) is 0.166. The van der Waals surface area contributed by atoms with Gasteiger partial charge in [0.25, 0.3) is 22.2 Å². The molecule has 0 N–H and O–H groups in total. The third kappa shape index (κ3) is 5.19. The van der Waals surface area contributed by atoms with Gasteiger partial charge >= 0.3 is 0 Å². The van der Waals surface area contributed by atoms with Crippen molar-refractivity contribution in [2.45, 2.75) is 52.4 Å². The molecule has 8 aromatic rings. The van der Waals surface area contributed by atoms with E-state index in [1.54, 1.807) is 24.3 Å². The van der Waals surface area contributed by atoms with E-state index in [1.807, 2.05) is 90.1 Å². The average Bonchev–Trinajstić information content (AvgIpc) is 3.78. The molecule has 0 radical (unpaired) electrons. The highest BCUT2D eigenvalue weighted by atomic mass is 32.2. The zero-order valence-corrected chi connectivity index (χ0v) is 33.8. The van der Waals surface area contributed by atoms with Crippen LogP contribution in [0.15, 0.2) is 67.7 Å². The van der Waals surface area contributed by atoms with Crippen molar-refractivity contribution in [1.29, 1.82) is 21.0 Å². The van der Waals surface area contributed by atoms with Crippen molar-refractivity contribution >= 4 is 108 Å². The molecule has 10 nitrogen and oxygen atoms in total. The van der Waals surface area contributed by atoms with Crippen LogP contribution >= 0.6 is 45.3 Å². The molecule has 0 atom stereocenters. The van der Waals surface area contributed by atoms with E-state index in [0.717, 1.165) is 65.6 Å². The number of nitriles is 4. The van der Waals surface area contributed by atoms with E-state index in [9.17, 15) is 40.2 Å². The van der Waals surface area contributed by atoms with Gasteiger partial charge in [-0.15, -0.1) is 45.3 Å². The van der Waals surface area contributed by atoms with Crippen LogP contribution in [0.2, 0.25) is 0 Å². The lowest BCUT2D eigenvalue weighted by atomic mass is 9.87. The molecule has 0 bridgehead atoms. The van der Waals surface area contributed by atoms with E-state index in [4.69, 9.17) is 0 Å². The molecule has 0 aliphatic rings. The summed E-state index contributed by atoms with van der Waals surface area (Å²) >= 11 is 3.98. The molecule has 56 heavy (non-hydrogen) atoms. The molecule has 0 amide bonds. The van der Waals surface area contributed by atoms with Crippen LogP contribution in [-0.4, -0.2) is 9.13 Å². The summed E-state index contributed by atoms with van der Waals surface area (Å²) in [6, 6.07) is 21.8. The van der Waals surface area contributed by atoms with Crippen molar-refractivity contribution in [3.63, 3.8) is 0 Å². The summed E-state index contributed by atoms with van der Waals surface area (Å²) in [5, 5.41) is 40.0. The lowest BCUT2D eigenvalue weighted by Crippen LogP contribution is -2.34. The van der Waals surface area contributed by atoms with Crippen molar-refractivity contribution in [2.75, 3.05) is 0 Å². The molecule has 4 heterocycles. The summed E-state index contributed by atoms with van der Waals surface area (Å²) in [7, 11) is 0. The molecule has 0 spiro atoms. The predicted molar refractivity (Wildman–Crippen MR) is 226 cm³/mol. The van der Waals surface area contributed by atoms with Gasteiger partial charge in [0.1, 0.15) is 32.0 Å². The number of hydrogen-bond acceptors (Lipinski definition) is 12. The van der Waals surface area contributed by atoms with E-state index < -0.39 is 22.2 Å². The Hall–Kier alpha value is -6.26. The first kappa shape index (κ1) is 36.7. The molecule has 8 rings (SSSR count). The first-order valence-electron chi connectivity index (χ1n) is 17.1. The summed E-state index contributed by atoms with van der Waals surface area (Å²) in [6.07, 6.45) is 0. The number of fused-ring (bicyclic) bond motifs is 6. The molecule has 4 aromatic heterocycles. The summed E-state index contributed by atoms with van der Waals surface area (Å²) in [4.78, 5) is 59.9. The van der Waals surface area contributed by atoms with Crippen LogP contribution in [-0.2, 0) is 10.8 Å². The number of aromatic nitrogens is 2. The van der Waals surface area contributed by atoms with Gasteiger partial charge < -0.3 is 0 Å². The molecule has 0 unspecified atom stereocenters. The second-order valence-corrected chi connectivity index (χ2v) is 19.8. The Balaban J connectivity index is 1.72. The van der Waals surface area contributed by atoms with Crippen molar-refractivity contribution in [3.8, 4) is 35.7 Å². The minimum absolute atomic E-state index is 0.0485. The Bertz CT molecular complexity index is 3200. The van der Waals surface area contributed by atoms with E-state index in [2.05, 4.69) is 0 Å². The minimum atomic E-state index is -0.703. The largest absolute Gasteiger partial charge is 0.268 e. The Kier molecular flexibility index (Phi) is 8.29. The average molecular weight is 807 g/mol. The zero-order chi connectivity index (χ0) is 40.2. The van der Waals surface area contributed by atoms with Crippen molar-refractivity contribution in [2.24, 2.45) is 0 Å². The zero-order valence-electron chi connectivity index (χ0n) is 30.6. The molecule has 4 aromatic carbocycles. The highest BCUT2D eigenvalue weighted by Crippen LogP contribution is 2.44. The Morgan fingerprint density at radius 3 is 0.911 bits per heavy atom. The van der Waals surface area contributed by atoms with Gasteiger partial charge in [0, 0.05) is 10.8 Å². The maximum Gasteiger partial charge on any atom is 0.267 e. The lowest BCUT2D eigenvalue weighted by molar-refractivity contribution is 0.590. The summed E-state index contributed by atoms with van der Waals surface area (Å²) < 4.78 is 3.75. The fourth-order valence-corrected chi connectivity index (χ4v) is 12.3. The second kappa shape index (κ2) is 12.6. The van der Waals surface area contributed by atoms with Crippen LogP contribution in [0.25, 0.3) is 73.6 Å². The molecular weight excluding hydrogens is 781 g/mol. The summed E-state index contributed by atoms with van der Waals surface area (Å²) in [6.45, 7) is 12.3. The van der Waals surface area contributed by atoms with Gasteiger partial charge in [-0.05, 0) is 46.2 Å². The Morgan fingerprint density at radius 1 is 0.446 bits per heavy atom. The minimum Gasteiger partial charge on any atom is -0.268 e. The summed E-state index contributed by atoms with van der Waals surface area (Å²) in [5.74, 6) is 0. The number of nitrogens with zero attached hydrogens (tertiary/aromatic N) is 6. The highest BCUT2D eigenvalue weighted by Gasteiger charge is 2.31. The van der Waals surface area contributed by atoms with Crippen LogP contribution in [0, 0.1) is 45.3 Å². The van der Waals surface area contributed by atoms with Crippen molar-refractivity contribution in [3.05, 3.63) is 109 Å². The predicted octanol–water partition coefficient (Wildman–Crippen LogP) is 7.15. The van der Waals surface area contributed by atoms with Crippen LogP contribution in [0.3, 0.4) is 0 Å². The maximum absolute atomic E-state index is 15.0. The monoisotopic (exact) mass is 806 g/mol. The topological polar surface area (TPSA) is 173 Å². The molecular formula is C42H26N6O4S4. The molecule has 0 aliphatic carbocycles. The fraction of sp³-hybridized carbons (Fsp3) is 0.190. The summed E-state index contributed by atoms with van der Waals surface area (Å²) in [5.41, 5.74) is -1.17. The highest BCUT2D eigenvalue weighted by molar-refractivity contribution is 7.38. The standard InChI is InChI=1S/C42H26N6O4S4/c1-41(2,3)21-7-11-23(12-8-21)47-35(49)27-25-26-29(33-31(27)53-39(55-33)19(15-43)16-44)37(51)48(24-13-9-22(10-14-24)42(4,5)6)38(52)30(26)34-32(28(25)36(47)50)54-40(56-34)20(17-45)18-46/h7-14H,1-6H3. The second-order valence-electron chi connectivity index (χ2n) is 15.2. The molecule has 0 fully saturated rings. The number of benzene rings is 4. The van der Waals surface area contributed by atoms with E-state index in [1.165, 1.54) is 0 Å². The van der Waals surface area contributed by atoms with Crippen molar-refractivity contribution in [1.82, 2.24) is 9.13 Å². The van der Waals surface area contributed by atoms with Gasteiger partial charge in [0.05, 0.1) is 51.7 Å². The van der Waals surface area contributed by atoms with Crippen LogP contribution in [0.1, 0.15) is 52.7 Å². The lowest BCUT2D eigenvalue weighted by Gasteiger charge is -2.20. The smallest absolute Gasteiger partial charge is 0.267 e. The van der Waals surface area contributed by atoms with E-state index >= 15 is 0 Å². The van der Waals surface area contributed by atoms with Gasteiger partial charge in [0.2, 0.25) is 0 Å². The van der Waals surface area contributed by atoms with Crippen LogP contribution < -0.4 is 29.9 Å².